The number of aromatic nitrogens is 5. The summed E-state index contributed by atoms with van der Waals surface area (Å²) in [5.74, 6) is -0.813. The predicted octanol–water partition coefficient (Wildman–Crippen LogP) is 1.95. The molecule has 26 heavy (non-hydrogen) atoms. The third-order valence-electron chi connectivity index (χ3n) is 4.10. The number of tetrazole rings is 1. The molecule has 0 radical (unpaired) electrons. The Morgan fingerprint density at radius 1 is 1.23 bits per heavy atom. The van der Waals surface area contributed by atoms with Crippen molar-refractivity contribution in [3.05, 3.63) is 52.6 Å². The smallest absolute Gasteiger partial charge is 0.339 e. The van der Waals surface area contributed by atoms with Crippen molar-refractivity contribution in [3.8, 4) is 5.69 Å². The highest BCUT2D eigenvalue weighted by Gasteiger charge is 2.22. The lowest BCUT2D eigenvalue weighted by atomic mass is 10.1. The Balaban J connectivity index is 1.85. The number of aryl methyl sites for hydroxylation is 2. The van der Waals surface area contributed by atoms with E-state index in [2.05, 4.69) is 25.8 Å². The first kappa shape index (κ1) is 17.3. The molecule has 0 aliphatic heterocycles. The van der Waals surface area contributed by atoms with Crippen molar-refractivity contribution in [2.45, 2.75) is 20.8 Å². The van der Waals surface area contributed by atoms with Gasteiger partial charge in [-0.05, 0) is 60.5 Å². The van der Waals surface area contributed by atoms with Gasteiger partial charge in [0.05, 0.1) is 18.4 Å². The van der Waals surface area contributed by atoms with Crippen LogP contribution in [-0.4, -0.2) is 44.2 Å². The molecule has 9 heteroatoms. The van der Waals surface area contributed by atoms with Crippen molar-refractivity contribution in [2.24, 2.45) is 0 Å². The number of benzene rings is 1. The third-order valence-corrected chi connectivity index (χ3v) is 4.10. The van der Waals surface area contributed by atoms with Crippen molar-refractivity contribution in [1.82, 2.24) is 25.2 Å². The highest BCUT2D eigenvalue weighted by molar-refractivity contribution is 6.06. The van der Waals surface area contributed by atoms with Crippen LogP contribution in [-0.2, 0) is 4.74 Å². The van der Waals surface area contributed by atoms with Gasteiger partial charge in [0.1, 0.15) is 12.0 Å². The van der Waals surface area contributed by atoms with Gasteiger partial charge in [0, 0.05) is 11.4 Å². The average molecular weight is 354 g/mol. The molecule has 2 aromatic heterocycles. The number of amides is 1. The van der Waals surface area contributed by atoms with Gasteiger partial charge in [-0.15, -0.1) is 5.10 Å². The van der Waals surface area contributed by atoms with E-state index in [1.807, 2.05) is 19.1 Å². The van der Waals surface area contributed by atoms with Crippen LogP contribution in [0, 0.1) is 20.8 Å². The van der Waals surface area contributed by atoms with E-state index in [1.54, 1.807) is 24.6 Å². The van der Waals surface area contributed by atoms with E-state index in [1.165, 1.54) is 13.4 Å². The van der Waals surface area contributed by atoms with Gasteiger partial charge in [-0.3, -0.25) is 4.79 Å². The molecule has 9 nitrogen and oxygen atoms in total. The summed E-state index contributed by atoms with van der Waals surface area (Å²) in [5, 5.41) is 13.9. The number of aromatic amines is 1. The molecule has 2 heterocycles. The second kappa shape index (κ2) is 6.79. The molecule has 0 unspecified atom stereocenters. The topological polar surface area (TPSA) is 115 Å². The van der Waals surface area contributed by atoms with Crippen LogP contribution in [0.15, 0.2) is 24.5 Å². The zero-order valence-corrected chi connectivity index (χ0v) is 14.8. The molecule has 1 amide bonds. The first-order valence-corrected chi connectivity index (χ1v) is 7.85. The number of anilines is 1. The lowest BCUT2D eigenvalue weighted by Crippen LogP contribution is -2.14. The molecule has 134 valence electrons. The lowest BCUT2D eigenvalue weighted by molar-refractivity contribution is 0.0599. The summed E-state index contributed by atoms with van der Waals surface area (Å²) in [7, 11) is 1.31. The van der Waals surface area contributed by atoms with E-state index in [0.717, 1.165) is 11.3 Å². The van der Waals surface area contributed by atoms with Gasteiger partial charge in [-0.1, -0.05) is 0 Å². The molecule has 0 spiro atoms. The van der Waals surface area contributed by atoms with Crippen molar-refractivity contribution in [3.63, 3.8) is 0 Å². The summed E-state index contributed by atoms with van der Waals surface area (Å²) in [5.41, 5.74) is 4.17. The number of rotatable bonds is 4. The van der Waals surface area contributed by atoms with Crippen molar-refractivity contribution in [1.29, 1.82) is 0 Å². The molecule has 0 saturated carbocycles. The zero-order chi connectivity index (χ0) is 18.8. The van der Waals surface area contributed by atoms with Gasteiger partial charge in [0.2, 0.25) is 0 Å². The Morgan fingerprint density at radius 2 is 2.00 bits per heavy atom. The standard InChI is InChI=1S/C17H18N6O3/c1-9-7-12(5-6-13(9)23-8-18-21-22-23)20-16(24)15-10(2)14(11(3)19-15)17(25)26-4/h5-8,19H,1-4H3,(H,20,24). The minimum absolute atomic E-state index is 0.324. The number of carbonyl (C=O) groups excluding carboxylic acids is 2. The summed E-state index contributed by atoms with van der Waals surface area (Å²) in [6.07, 6.45) is 1.50. The Hall–Kier alpha value is -3.49. The number of hydrogen-bond donors (Lipinski definition) is 2. The van der Waals surface area contributed by atoms with Crippen LogP contribution >= 0.6 is 0 Å². The average Bonchev–Trinajstić information content (AvgIpc) is 3.22. The molecule has 2 N–H and O–H groups in total. The summed E-state index contributed by atoms with van der Waals surface area (Å²) < 4.78 is 6.31. The second-order valence-corrected chi connectivity index (χ2v) is 5.83. The van der Waals surface area contributed by atoms with Crippen molar-refractivity contribution < 1.29 is 14.3 Å². The van der Waals surface area contributed by atoms with Gasteiger partial charge >= 0.3 is 5.97 Å². The first-order valence-electron chi connectivity index (χ1n) is 7.85. The maximum atomic E-state index is 12.6. The summed E-state index contributed by atoms with van der Waals surface area (Å²) >= 11 is 0. The normalized spacial score (nSPS) is 10.6. The maximum absolute atomic E-state index is 12.6. The number of esters is 1. The van der Waals surface area contributed by atoms with E-state index in [9.17, 15) is 9.59 Å². The van der Waals surface area contributed by atoms with E-state index in [0.29, 0.717) is 28.2 Å². The van der Waals surface area contributed by atoms with Gasteiger partial charge in [0.25, 0.3) is 5.91 Å². The van der Waals surface area contributed by atoms with Gasteiger partial charge in [0.15, 0.2) is 0 Å². The number of methoxy groups -OCH3 is 1. The quantitative estimate of drug-likeness (QED) is 0.692. The highest BCUT2D eigenvalue weighted by atomic mass is 16.5. The second-order valence-electron chi connectivity index (χ2n) is 5.83. The van der Waals surface area contributed by atoms with Gasteiger partial charge in [-0.2, -0.15) is 0 Å². The lowest BCUT2D eigenvalue weighted by Gasteiger charge is -2.09. The maximum Gasteiger partial charge on any atom is 0.339 e. The van der Waals surface area contributed by atoms with E-state index < -0.39 is 5.97 Å². The Kier molecular flexibility index (Phi) is 4.53. The van der Waals surface area contributed by atoms with Crippen LogP contribution in [0.1, 0.15) is 37.7 Å². The largest absolute Gasteiger partial charge is 0.465 e. The molecule has 0 aliphatic rings. The minimum atomic E-state index is -0.475. The van der Waals surface area contributed by atoms with Crippen LogP contribution in [0.3, 0.4) is 0 Å². The number of nitrogens with zero attached hydrogens (tertiary/aromatic N) is 4. The molecule has 3 aromatic rings. The van der Waals surface area contributed by atoms with E-state index in [4.69, 9.17) is 4.74 Å². The number of nitrogens with one attached hydrogen (secondary N) is 2. The fourth-order valence-electron chi connectivity index (χ4n) is 2.84. The molecule has 0 saturated heterocycles. The van der Waals surface area contributed by atoms with Gasteiger partial charge in [-0.25, -0.2) is 9.48 Å². The molecule has 0 fully saturated rings. The Morgan fingerprint density at radius 3 is 2.62 bits per heavy atom. The summed E-state index contributed by atoms with van der Waals surface area (Å²) in [6.45, 7) is 5.32. The van der Waals surface area contributed by atoms with Crippen LogP contribution in [0.2, 0.25) is 0 Å². The van der Waals surface area contributed by atoms with E-state index in [-0.39, 0.29) is 5.91 Å². The zero-order valence-electron chi connectivity index (χ0n) is 14.8. The molecule has 1 aromatic carbocycles. The van der Waals surface area contributed by atoms with Gasteiger partial charge < -0.3 is 15.0 Å². The summed E-state index contributed by atoms with van der Waals surface area (Å²) in [4.78, 5) is 27.4. The van der Waals surface area contributed by atoms with Crippen LogP contribution in [0.25, 0.3) is 5.69 Å². The molecule has 0 bridgehead atoms. The summed E-state index contributed by atoms with van der Waals surface area (Å²) in [6, 6.07) is 5.39. The third kappa shape index (κ3) is 3.06. The molecular formula is C17H18N6O3. The van der Waals surface area contributed by atoms with Crippen molar-refractivity contribution >= 4 is 17.6 Å². The van der Waals surface area contributed by atoms with Crippen molar-refractivity contribution in [2.75, 3.05) is 12.4 Å². The number of carbonyl (C=O) groups is 2. The van der Waals surface area contributed by atoms with E-state index >= 15 is 0 Å². The minimum Gasteiger partial charge on any atom is -0.465 e. The van der Waals surface area contributed by atoms with Crippen LogP contribution in [0.5, 0.6) is 0 Å². The predicted molar refractivity (Wildman–Crippen MR) is 93.5 cm³/mol. The molecule has 0 aliphatic carbocycles. The number of H-pyrrole nitrogens is 1. The van der Waals surface area contributed by atoms with Crippen LogP contribution < -0.4 is 5.32 Å². The molecule has 3 rings (SSSR count). The first-order chi connectivity index (χ1) is 12.4. The highest BCUT2D eigenvalue weighted by Crippen LogP contribution is 2.22. The fraction of sp³-hybridized carbons (Fsp3) is 0.235. The SMILES string of the molecule is COC(=O)c1c(C)[nH]c(C(=O)Nc2ccc(-n3cnnn3)c(C)c2)c1C. The molecular weight excluding hydrogens is 336 g/mol. The fourth-order valence-corrected chi connectivity index (χ4v) is 2.84. The Labute approximate surface area is 149 Å². The Bertz CT molecular complexity index is 975. The molecule has 0 atom stereocenters. The number of hydrogen-bond acceptors (Lipinski definition) is 6. The van der Waals surface area contributed by atoms with Crippen LogP contribution in [0.4, 0.5) is 5.69 Å². The number of ether oxygens (including phenoxy) is 1. The monoisotopic (exact) mass is 354 g/mol.